The third kappa shape index (κ3) is 3.18. The van der Waals surface area contributed by atoms with Gasteiger partial charge in [0.15, 0.2) is 0 Å². The Bertz CT molecular complexity index is 469. The van der Waals surface area contributed by atoms with Crippen LogP contribution in [0.4, 0.5) is 0 Å². The molecule has 16 heavy (non-hydrogen) atoms. The fourth-order valence-electron chi connectivity index (χ4n) is 1.31. The van der Waals surface area contributed by atoms with Gasteiger partial charge in [-0.1, -0.05) is 53.5 Å². The van der Waals surface area contributed by atoms with E-state index in [9.17, 15) is 0 Å². The molecule has 0 nitrogen and oxygen atoms in total. The average Bonchev–Trinajstić information content (AvgIpc) is 2.32. The Morgan fingerprint density at radius 1 is 0.875 bits per heavy atom. The van der Waals surface area contributed by atoms with Crippen LogP contribution in [0, 0.1) is 0 Å². The van der Waals surface area contributed by atoms with E-state index in [1.165, 1.54) is 5.56 Å². The van der Waals surface area contributed by atoms with Gasteiger partial charge in [0.25, 0.3) is 0 Å². The minimum Gasteiger partial charge on any atom is -0.121 e. The van der Waals surface area contributed by atoms with Crippen LogP contribution in [0.5, 0.6) is 0 Å². The first-order valence-corrected chi connectivity index (χ1v) is 6.61. The zero-order valence-electron chi connectivity index (χ0n) is 8.49. The van der Waals surface area contributed by atoms with Crippen molar-refractivity contribution in [3.05, 3.63) is 64.1 Å². The van der Waals surface area contributed by atoms with Gasteiger partial charge in [-0.25, -0.2) is 0 Å². The minimum absolute atomic E-state index is 0.603. The van der Waals surface area contributed by atoms with Crippen LogP contribution in [0.1, 0.15) is 5.56 Å². The van der Waals surface area contributed by atoms with E-state index < -0.39 is 0 Å². The van der Waals surface area contributed by atoms with E-state index in [4.69, 9.17) is 23.2 Å². The Kier molecular flexibility index (Phi) is 4.16. The number of rotatable bonds is 3. The average molecular weight is 269 g/mol. The zero-order chi connectivity index (χ0) is 11.4. The minimum atomic E-state index is 0.603. The summed E-state index contributed by atoms with van der Waals surface area (Å²) in [6, 6.07) is 16.1. The van der Waals surface area contributed by atoms with Crippen LogP contribution < -0.4 is 0 Å². The van der Waals surface area contributed by atoms with Gasteiger partial charge in [-0.2, -0.15) is 0 Å². The van der Waals surface area contributed by atoms with Gasteiger partial charge in [-0.15, -0.1) is 11.8 Å². The summed E-state index contributed by atoms with van der Waals surface area (Å²) >= 11 is 13.6. The molecule has 0 amide bonds. The number of thioether (sulfide) groups is 1. The second-order valence-corrected chi connectivity index (χ2v) is 5.21. The van der Waals surface area contributed by atoms with Gasteiger partial charge >= 0.3 is 0 Å². The molecule has 0 unspecified atom stereocenters. The Labute approximate surface area is 110 Å². The summed E-state index contributed by atoms with van der Waals surface area (Å²) in [6.07, 6.45) is 0. The Morgan fingerprint density at radius 3 is 2.31 bits per heavy atom. The highest BCUT2D eigenvalue weighted by Gasteiger charge is 2.00. The van der Waals surface area contributed by atoms with Crippen molar-refractivity contribution in [2.24, 2.45) is 0 Å². The largest absolute Gasteiger partial charge is 0.121 e. The van der Waals surface area contributed by atoms with Crippen LogP contribution >= 0.6 is 35.0 Å². The summed E-state index contributed by atoms with van der Waals surface area (Å²) in [5, 5.41) is 1.21. The second-order valence-electron chi connectivity index (χ2n) is 3.35. The lowest BCUT2D eigenvalue weighted by Gasteiger charge is -2.03. The number of hydrogen-bond acceptors (Lipinski definition) is 1. The predicted octanol–water partition coefficient (Wildman–Crippen LogP) is 5.29. The quantitative estimate of drug-likeness (QED) is 0.682. The molecule has 2 aromatic carbocycles. The van der Waals surface area contributed by atoms with E-state index >= 15 is 0 Å². The lowest BCUT2D eigenvalue weighted by Crippen LogP contribution is -1.79. The number of hydrogen-bond donors (Lipinski definition) is 0. The van der Waals surface area contributed by atoms with Crippen molar-refractivity contribution < 1.29 is 0 Å². The molecule has 0 saturated heterocycles. The highest BCUT2D eigenvalue weighted by Crippen LogP contribution is 2.29. The highest BCUT2D eigenvalue weighted by atomic mass is 35.5. The normalized spacial score (nSPS) is 10.4. The van der Waals surface area contributed by atoms with Crippen LogP contribution in [0.2, 0.25) is 10.0 Å². The molecule has 0 saturated carbocycles. The van der Waals surface area contributed by atoms with E-state index in [0.29, 0.717) is 10.0 Å². The van der Waals surface area contributed by atoms with Crippen LogP contribution in [-0.2, 0) is 5.75 Å². The van der Waals surface area contributed by atoms with E-state index in [1.54, 1.807) is 11.8 Å². The molecule has 0 fully saturated rings. The maximum atomic E-state index is 5.95. The molecule has 0 atom stereocenters. The summed E-state index contributed by atoms with van der Waals surface area (Å²) in [5.41, 5.74) is 1.30. The molecule has 3 heteroatoms. The molecule has 2 rings (SSSR count). The Hall–Kier alpha value is -0.630. The number of halogens is 2. The van der Waals surface area contributed by atoms with Gasteiger partial charge in [0.1, 0.15) is 0 Å². The lowest BCUT2D eigenvalue weighted by molar-refractivity contribution is 1.38. The lowest BCUT2D eigenvalue weighted by atomic mass is 10.2. The fourth-order valence-corrected chi connectivity index (χ4v) is 2.56. The van der Waals surface area contributed by atoms with E-state index in [2.05, 4.69) is 12.1 Å². The molecule has 2 aromatic rings. The van der Waals surface area contributed by atoms with Crippen molar-refractivity contribution in [1.82, 2.24) is 0 Å². The molecule has 0 aromatic heterocycles. The maximum Gasteiger partial charge on any atom is 0.0603 e. The topological polar surface area (TPSA) is 0 Å². The molecule has 0 aliphatic rings. The monoisotopic (exact) mass is 268 g/mol. The van der Waals surface area contributed by atoms with Gasteiger partial charge in [0.05, 0.1) is 10.0 Å². The molecule has 0 heterocycles. The van der Waals surface area contributed by atoms with Crippen molar-refractivity contribution in [3.8, 4) is 0 Å². The summed E-state index contributed by atoms with van der Waals surface area (Å²) < 4.78 is 0. The third-order valence-electron chi connectivity index (χ3n) is 2.14. The molecule has 82 valence electrons. The van der Waals surface area contributed by atoms with E-state index in [0.717, 1.165) is 10.6 Å². The van der Waals surface area contributed by atoms with Crippen molar-refractivity contribution in [3.63, 3.8) is 0 Å². The smallest absolute Gasteiger partial charge is 0.0603 e. The van der Waals surface area contributed by atoms with Crippen molar-refractivity contribution in [1.29, 1.82) is 0 Å². The van der Waals surface area contributed by atoms with Crippen LogP contribution in [0.3, 0.4) is 0 Å². The second kappa shape index (κ2) is 5.62. The first kappa shape index (κ1) is 11.8. The maximum absolute atomic E-state index is 5.95. The van der Waals surface area contributed by atoms with Crippen LogP contribution in [0.15, 0.2) is 53.4 Å². The molecule has 0 N–H and O–H groups in total. The molecule has 0 bridgehead atoms. The van der Waals surface area contributed by atoms with Crippen molar-refractivity contribution in [2.75, 3.05) is 0 Å². The molecular weight excluding hydrogens is 259 g/mol. The summed E-state index contributed by atoms with van der Waals surface area (Å²) in [4.78, 5) is 1.14. The summed E-state index contributed by atoms with van der Waals surface area (Å²) in [7, 11) is 0. The molecular formula is C13H10Cl2S. The standard InChI is InChI=1S/C13H10Cl2S/c14-12-7-6-11(8-13(12)15)16-9-10-4-2-1-3-5-10/h1-8H,9H2. The predicted molar refractivity (Wildman–Crippen MR) is 72.5 cm³/mol. The van der Waals surface area contributed by atoms with E-state index in [-0.39, 0.29) is 0 Å². The Morgan fingerprint density at radius 2 is 1.62 bits per heavy atom. The molecule has 0 spiro atoms. The first-order valence-electron chi connectivity index (χ1n) is 4.87. The third-order valence-corrected chi connectivity index (χ3v) is 3.94. The van der Waals surface area contributed by atoms with E-state index in [1.807, 2.05) is 36.4 Å². The summed E-state index contributed by atoms with van der Waals surface area (Å²) in [6.45, 7) is 0. The fraction of sp³-hybridized carbons (Fsp3) is 0.0769. The Balaban J connectivity index is 2.03. The summed E-state index contributed by atoms with van der Waals surface area (Å²) in [5.74, 6) is 0.943. The van der Waals surface area contributed by atoms with Crippen molar-refractivity contribution in [2.45, 2.75) is 10.6 Å². The van der Waals surface area contributed by atoms with Gasteiger partial charge in [0, 0.05) is 10.6 Å². The SMILES string of the molecule is Clc1ccc(SCc2ccccc2)cc1Cl. The molecule has 0 radical (unpaired) electrons. The molecule has 0 aliphatic heterocycles. The number of benzene rings is 2. The van der Waals surface area contributed by atoms with Gasteiger partial charge in [-0.05, 0) is 23.8 Å². The van der Waals surface area contributed by atoms with Gasteiger partial charge < -0.3 is 0 Å². The van der Waals surface area contributed by atoms with Crippen LogP contribution in [-0.4, -0.2) is 0 Å². The van der Waals surface area contributed by atoms with Gasteiger partial charge in [0.2, 0.25) is 0 Å². The highest BCUT2D eigenvalue weighted by molar-refractivity contribution is 7.98. The van der Waals surface area contributed by atoms with Gasteiger partial charge in [-0.3, -0.25) is 0 Å². The van der Waals surface area contributed by atoms with Crippen molar-refractivity contribution >= 4 is 35.0 Å². The first-order chi connectivity index (χ1) is 7.75. The molecule has 0 aliphatic carbocycles. The van der Waals surface area contributed by atoms with Crippen LogP contribution in [0.25, 0.3) is 0 Å². The zero-order valence-corrected chi connectivity index (χ0v) is 10.8.